The molecule has 1 saturated heterocycles. The first kappa shape index (κ1) is 66.5. The quantitative estimate of drug-likeness (QED) is 0.0201. The highest BCUT2D eigenvalue weighted by Crippen LogP contribution is 2.20. The van der Waals surface area contributed by atoms with E-state index in [0.29, 0.717) is 52.0 Å². The number of rotatable bonds is 49. The van der Waals surface area contributed by atoms with Crippen molar-refractivity contribution in [3.05, 3.63) is 24.3 Å². The third kappa shape index (κ3) is 40.0. The number of nitrogens with zero attached hydrogens (tertiary/aromatic N) is 1. The van der Waals surface area contributed by atoms with Crippen molar-refractivity contribution in [2.75, 3.05) is 65.8 Å². The highest BCUT2D eigenvalue weighted by Gasteiger charge is 2.22. The maximum atomic E-state index is 13.2. The number of likely N-dealkylation sites (tertiary alicyclic amines) is 1. The Labute approximate surface area is 437 Å². The SMILES string of the molecule is CC/C=C\CCCCOC(CCC(=O)OCC(COC(=O)CCCCCCOC(=O)C(CCCC)CCCCC)COC(=O)CCC(CCCCC)OC(=O)NCCN1CCCC1)OCCCC/C=C\CC. The minimum atomic E-state index is -0.593. The number of nitrogens with one attached hydrogen (secondary N) is 1. The monoisotopic (exact) mass is 1020 g/mol. The van der Waals surface area contributed by atoms with Crippen molar-refractivity contribution in [2.24, 2.45) is 11.8 Å². The highest BCUT2D eigenvalue weighted by molar-refractivity contribution is 5.72. The number of carbonyl (C=O) groups is 5. The molecule has 72 heavy (non-hydrogen) atoms. The van der Waals surface area contributed by atoms with E-state index in [0.717, 1.165) is 154 Å². The van der Waals surface area contributed by atoms with Crippen molar-refractivity contribution in [3.63, 3.8) is 0 Å². The number of hydrogen-bond acceptors (Lipinski definition) is 13. The van der Waals surface area contributed by atoms with Crippen molar-refractivity contribution in [2.45, 2.75) is 240 Å². The van der Waals surface area contributed by atoms with Gasteiger partial charge in [0, 0.05) is 45.6 Å². The van der Waals surface area contributed by atoms with E-state index in [1.165, 1.54) is 12.8 Å². The van der Waals surface area contributed by atoms with E-state index in [-0.39, 0.29) is 56.9 Å². The summed E-state index contributed by atoms with van der Waals surface area (Å²) in [5.74, 6) is -2.02. The highest BCUT2D eigenvalue weighted by atomic mass is 16.7. The van der Waals surface area contributed by atoms with Gasteiger partial charge in [-0.3, -0.25) is 19.2 Å². The van der Waals surface area contributed by atoms with Crippen molar-refractivity contribution in [3.8, 4) is 0 Å². The van der Waals surface area contributed by atoms with E-state index in [9.17, 15) is 24.0 Å². The average molecular weight is 1020 g/mol. The summed E-state index contributed by atoms with van der Waals surface area (Å²) in [7, 11) is 0. The molecule has 1 fully saturated rings. The summed E-state index contributed by atoms with van der Waals surface area (Å²) in [5.41, 5.74) is 0. The molecule has 0 radical (unpaired) electrons. The van der Waals surface area contributed by atoms with Gasteiger partial charge in [0.15, 0.2) is 6.29 Å². The second-order valence-corrected chi connectivity index (χ2v) is 19.6. The Hall–Kier alpha value is -3.49. The fourth-order valence-electron chi connectivity index (χ4n) is 8.34. The van der Waals surface area contributed by atoms with Crippen LogP contribution in [0.2, 0.25) is 0 Å². The molecular formula is C58H104N2O12. The van der Waals surface area contributed by atoms with Crippen LogP contribution in [0.1, 0.15) is 227 Å². The maximum Gasteiger partial charge on any atom is 0.407 e. The number of esters is 4. The number of ether oxygens (including phenoxy) is 7. The lowest BCUT2D eigenvalue weighted by Crippen LogP contribution is -2.35. The Kier molecular flexibility index (Phi) is 44.8. The first-order valence-electron chi connectivity index (χ1n) is 29.0. The molecule has 14 nitrogen and oxygen atoms in total. The number of unbranched alkanes of at least 4 members (excludes halogenated alkanes) is 12. The molecule has 1 heterocycles. The standard InChI is InChI=1S/C58H104N2O12/c1-6-11-16-18-21-29-44-66-56(67-45-30-22-19-17-12-7-2)39-38-55(63)71-49-50(47-69-53(61)35-26-20-23-31-46-68-57(64)51(32-15-10-5)33-24-13-8-3)48-70-54(62)37-36-52(34-25-14-9-4)72-58(65)59-40-43-60-41-27-28-42-60/h11-12,16-17,50-52,56H,6-10,13-15,18-49H2,1-5H3,(H,59,65)/b16-11-,17-12-. The van der Waals surface area contributed by atoms with Crippen molar-refractivity contribution < 1.29 is 57.1 Å². The minimum Gasteiger partial charge on any atom is -0.465 e. The molecule has 0 saturated carbocycles. The van der Waals surface area contributed by atoms with E-state index in [1.807, 2.05) is 0 Å². The molecule has 14 heteroatoms. The summed E-state index contributed by atoms with van der Waals surface area (Å²) in [6.07, 6.45) is 32.0. The van der Waals surface area contributed by atoms with Gasteiger partial charge in [-0.05, 0) is 122 Å². The van der Waals surface area contributed by atoms with Gasteiger partial charge in [-0.1, -0.05) is 117 Å². The van der Waals surface area contributed by atoms with Gasteiger partial charge < -0.3 is 43.4 Å². The molecule has 418 valence electrons. The first-order chi connectivity index (χ1) is 35.1. The van der Waals surface area contributed by atoms with Gasteiger partial charge in [-0.25, -0.2) is 4.79 Å². The van der Waals surface area contributed by atoms with Crippen LogP contribution < -0.4 is 5.32 Å². The van der Waals surface area contributed by atoms with E-state index in [2.05, 4.69) is 69.1 Å². The van der Waals surface area contributed by atoms with E-state index >= 15 is 0 Å². The molecule has 3 atom stereocenters. The summed E-state index contributed by atoms with van der Waals surface area (Å²) < 4.78 is 40.6. The number of carbonyl (C=O) groups excluding carboxylic acids is 5. The number of amides is 1. The lowest BCUT2D eigenvalue weighted by molar-refractivity contribution is -0.162. The molecule has 0 spiro atoms. The molecule has 3 unspecified atom stereocenters. The Morgan fingerprint density at radius 1 is 0.514 bits per heavy atom. The van der Waals surface area contributed by atoms with Crippen LogP contribution >= 0.6 is 0 Å². The van der Waals surface area contributed by atoms with Crippen LogP contribution in [0.4, 0.5) is 4.79 Å². The average Bonchev–Trinajstić information content (AvgIpc) is 3.90. The topological polar surface area (TPSA) is 165 Å². The van der Waals surface area contributed by atoms with Gasteiger partial charge in [0.05, 0.1) is 24.9 Å². The maximum absolute atomic E-state index is 13.2. The lowest BCUT2D eigenvalue weighted by Gasteiger charge is -2.20. The van der Waals surface area contributed by atoms with E-state index in [4.69, 9.17) is 33.2 Å². The van der Waals surface area contributed by atoms with Crippen molar-refractivity contribution in [1.29, 1.82) is 0 Å². The lowest BCUT2D eigenvalue weighted by atomic mass is 9.95. The molecule has 1 amide bonds. The summed E-state index contributed by atoms with van der Waals surface area (Å²) in [6, 6.07) is 0. The second kappa shape index (κ2) is 48.4. The van der Waals surface area contributed by atoms with Crippen LogP contribution in [0.15, 0.2) is 24.3 Å². The Bertz CT molecular complexity index is 1380. The van der Waals surface area contributed by atoms with Gasteiger partial charge in [-0.15, -0.1) is 0 Å². The zero-order chi connectivity index (χ0) is 52.5. The molecule has 0 bridgehead atoms. The van der Waals surface area contributed by atoms with Crippen LogP contribution in [0.3, 0.4) is 0 Å². The molecule has 1 N–H and O–H groups in total. The molecule has 1 aliphatic heterocycles. The minimum absolute atomic E-state index is 0.0227. The van der Waals surface area contributed by atoms with Crippen molar-refractivity contribution >= 4 is 30.0 Å². The fraction of sp³-hybridized carbons (Fsp3) is 0.845. The third-order valence-corrected chi connectivity index (χ3v) is 12.9. The molecule has 1 rings (SSSR count). The number of hydrogen-bond donors (Lipinski definition) is 1. The zero-order valence-corrected chi connectivity index (χ0v) is 46.2. The molecule has 0 aromatic carbocycles. The van der Waals surface area contributed by atoms with Gasteiger partial charge in [-0.2, -0.15) is 0 Å². The number of alkyl carbamates (subject to hydrolysis) is 1. The van der Waals surface area contributed by atoms with E-state index < -0.39 is 36.3 Å². The van der Waals surface area contributed by atoms with Crippen LogP contribution in [-0.4, -0.2) is 113 Å². The van der Waals surface area contributed by atoms with Gasteiger partial charge in [0.1, 0.15) is 25.9 Å². The van der Waals surface area contributed by atoms with Crippen molar-refractivity contribution in [1.82, 2.24) is 10.2 Å². The molecule has 0 aliphatic carbocycles. The second-order valence-electron chi connectivity index (χ2n) is 19.6. The van der Waals surface area contributed by atoms with Crippen LogP contribution in [-0.2, 0) is 52.3 Å². The van der Waals surface area contributed by atoms with Gasteiger partial charge >= 0.3 is 30.0 Å². The Morgan fingerprint density at radius 2 is 1.04 bits per heavy atom. The molecule has 1 aliphatic rings. The largest absolute Gasteiger partial charge is 0.465 e. The third-order valence-electron chi connectivity index (χ3n) is 12.9. The number of allylic oxidation sites excluding steroid dienone is 4. The van der Waals surface area contributed by atoms with Crippen LogP contribution in [0.25, 0.3) is 0 Å². The fourth-order valence-corrected chi connectivity index (χ4v) is 8.34. The van der Waals surface area contributed by atoms with Gasteiger partial charge in [0.2, 0.25) is 0 Å². The molecule has 0 aromatic rings. The summed E-state index contributed by atoms with van der Waals surface area (Å²) >= 11 is 0. The summed E-state index contributed by atoms with van der Waals surface area (Å²) in [5, 5.41) is 2.86. The van der Waals surface area contributed by atoms with Crippen LogP contribution in [0, 0.1) is 11.8 Å². The van der Waals surface area contributed by atoms with Gasteiger partial charge in [0.25, 0.3) is 0 Å². The molecule has 0 aromatic heterocycles. The molecular weight excluding hydrogens is 917 g/mol. The predicted molar refractivity (Wildman–Crippen MR) is 286 cm³/mol. The van der Waals surface area contributed by atoms with Crippen LogP contribution in [0.5, 0.6) is 0 Å². The first-order valence-corrected chi connectivity index (χ1v) is 29.0. The smallest absolute Gasteiger partial charge is 0.407 e. The van der Waals surface area contributed by atoms with E-state index in [1.54, 1.807) is 0 Å². The Balaban J connectivity index is 2.79. The normalized spacial score (nSPS) is 14.2. The predicted octanol–water partition coefficient (Wildman–Crippen LogP) is 13.1. The Morgan fingerprint density at radius 3 is 1.62 bits per heavy atom. The summed E-state index contributed by atoms with van der Waals surface area (Å²) in [6.45, 7) is 15.2. The zero-order valence-electron chi connectivity index (χ0n) is 46.2. The summed E-state index contributed by atoms with van der Waals surface area (Å²) in [4.78, 5) is 67.0.